The van der Waals surface area contributed by atoms with Gasteiger partial charge in [0.25, 0.3) is 5.56 Å². The fraction of sp³-hybridized carbons (Fsp3) is 0.200. The number of H-pyrrole nitrogens is 1. The molecule has 0 bridgehead atoms. The van der Waals surface area contributed by atoms with E-state index in [1.807, 2.05) is 6.92 Å². The molecule has 0 radical (unpaired) electrons. The van der Waals surface area contributed by atoms with Crippen molar-refractivity contribution in [3.05, 3.63) is 61.0 Å². The molecule has 6 heteroatoms. The van der Waals surface area contributed by atoms with Gasteiger partial charge in [-0.15, -0.1) is 0 Å². The third-order valence-corrected chi connectivity index (χ3v) is 3.71. The molecule has 110 valence electrons. The zero-order chi connectivity index (χ0) is 15.7. The summed E-state index contributed by atoms with van der Waals surface area (Å²) in [5.41, 5.74) is 7.13. The van der Waals surface area contributed by atoms with E-state index in [9.17, 15) is 9.59 Å². The number of anilines is 1. The Hall–Kier alpha value is -1.78. The van der Waals surface area contributed by atoms with Crippen molar-refractivity contribution < 1.29 is 4.79 Å². The predicted octanol–water partition coefficient (Wildman–Crippen LogP) is 3.37. The summed E-state index contributed by atoms with van der Waals surface area (Å²) >= 11 is 11.8. The molecule has 0 atom stereocenters. The minimum absolute atomic E-state index is 0.0847. The molecule has 1 aromatic carbocycles. The molecule has 1 aromatic heterocycles. The van der Waals surface area contributed by atoms with Crippen LogP contribution in [0.25, 0.3) is 0 Å². The Bertz CT molecular complexity index is 762. The molecule has 2 rings (SSSR count). The maximum absolute atomic E-state index is 12.7. The van der Waals surface area contributed by atoms with E-state index < -0.39 is 5.56 Å². The summed E-state index contributed by atoms with van der Waals surface area (Å²) in [6.07, 6.45) is 0.572. The number of carbonyl (C=O) groups excluding carboxylic acids is 1. The molecule has 0 aliphatic heterocycles. The molecular weight excluding hydrogens is 311 g/mol. The summed E-state index contributed by atoms with van der Waals surface area (Å²) in [6, 6.07) is 4.55. The molecule has 0 fully saturated rings. The smallest absolute Gasteiger partial charge is 0.272 e. The molecule has 3 N–H and O–H groups in total. The first kappa shape index (κ1) is 15.6. The van der Waals surface area contributed by atoms with Crippen LogP contribution >= 0.6 is 23.2 Å². The van der Waals surface area contributed by atoms with Crippen LogP contribution in [-0.4, -0.2) is 10.8 Å². The Morgan fingerprint density at radius 1 is 1.24 bits per heavy atom. The van der Waals surface area contributed by atoms with Gasteiger partial charge in [-0.3, -0.25) is 9.59 Å². The average Bonchev–Trinajstić information content (AvgIpc) is 2.40. The number of pyridine rings is 1. The molecule has 0 spiro atoms. The normalized spacial score (nSPS) is 10.7. The van der Waals surface area contributed by atoms with Crippen molar-refractivity contribution in [3.8, 4) is 0 Å². The summed E-state index contributed by atoms with van der Waals surface area (Å²) in [4.78, 5) is 27.2. The number of rotatable bonds is 3. The number of halogens is 2. The summed E-state index contributed by atoms with van der Waals surface area (Å²) < 4.78 is 0. The number of carbonyl (C=O) groups is 1. The van der Waals surface area contributed by atoms with Gasteiger partial charge in [0.1, 0.15) is 5.69 Å². The first-order chi connectivity index (χ1) is 9.85. The zero-order valence-corrected chi connectivity index (χ0v) is 13.1. The lowest BCUT2D eigenvalue weighted by atomic mass is 9.95. The number of nitrogen functional groups attached to an aromatic ring is 1. The summed E-state index contributed by atoms with van der Waals surface area (Å²) in [5.74, 6) is -0.358. The minimum atomic E-state index is -0.471. The van der Waals surface area contributed by atoms with Crippen molar-refractivity contribution in [2.24, 2.45) is 0 Å². The lowest BCUT2D eigenvalue weighted by Gasteiger charge is -2.13. The number of aromatic amines is 1. The van der Waals surface area contributed by atoms with Crippen LogP contribution in [0.2, 0.25) is 10.0 Å². The highest BCUT2D eigenvalue weighted by Gasteiger charge is 2.21. The molecule has 0 saturated carbocycles. The molecular formula is C15H14Cl2N2O2. The summed E-state index contributed by atoms with van der Waals surface area (Å²) in [6.45, 7) is 3.63. The molecule has 0 aliphatic carbocycles. The monoisotopic (exact) mass is 324 g/mol. The molecule has 1 heterocycles. The number of nitrogens with one attached hydrogen (secondary N) is 1. The van der Waals surface area contributed by atoms with E-state index in [4.69, 9.17) is 28.9 Å². The first-order valence-corrected chi connectivity index (χ1v) is 7.12. The Balaban J connectivity index is 2.71. The third-order valence-electron chi connectivity index (χ3n) is 3.27. The van der Waals surface area contributed by atoms with Crippen LogP contribution in [0.5, 0.6) is 0 Å². The summed E-state index contributed by atoms with van der Waals surface area (Å²) in [7, 11) is 0. The van der Waals surface area contributed by atoms with Crippen molar-refractivity contribution in [1.82, 2.24) is 4.98 Å². The van der Waals surface area contributed by atoms with Gasteiger partial charge in [0, 0.05) is 21.3 Å². The van der Waals surface area contributed by atoms with E-state index in [0.717, 1.165) is 0 Å². The number of nitrogens with two attached hydrogens (primary N) is 1. The van der Waals surface area contributed by atoms with Crippen LogP contribution in [0.3, 0.4) is 0 Å². The predicted molar refractivity (Wildman–Crippen MR) is 85.5 cm³/mol. The minimum Gasteiger partial charge on any atom is -0.394 e. The fourth-order valence-electron chi connectivity index (χ4n) is 2.31. The molecule has 0 aliphatic rings. The van der Waals surface area contributed by atoms with Crippen molar-refractivity contribution in [1.29, 1.82) is 0 Å². The molecule has 0 saturated heterocycles. The van der Waals surface area contributed by atoms with E-state index in [2.05, 4.69) is 4.98 Å². The third kappa shape index (κ3) is 2.96. The van der Waals surface area contributed by atoms with E-state index >= 15 is 0 Å². The number of benzene rings is 1. The van der Waals surface area contributed by atoms with E-state index in [-0.39, 0.29) is 17.0 Å². The number of hydrogen-bond donors (Lipinski definition) is 2. The first-order valence-electron chi connectivity index (χ1n) is 6.37. The zero-order valence-electron chi connectivity index (χ0n) is 11.6. The van der Waals surface area contributed by atoms with Gasteiger partial charge < -0.3 is 10.7 Å². The molecule has 4 nitrogen and oxygen atoms in total. The van der Waals surface area contributed by atoms with E-state index in [1.165, 1.54) is 18.2 Å². The van der Waals surface area contributed by atoms with Gasteiger partial charge in [-0.05, 0) is 37.1 Å². The molecule has 21 heavy (non-hydrogen) atoms. The van der Waals surface area contributed by atoms with Crippen LogP contribution in [0.1, 0.15) is 34.1 Å². The maximum Gasteiger partial charge on any atom is 0.272 e. The largest absolute Gasteiger partial charge is 0.394 e. The lowest BCUT2D eigenvalue weighted by molar-refractivity contribution is 0.103. The van der Waals surface area contributed by atoms with Gasteiger partial charge in [0.15, 0.2) is 5.78 Å². The van der Waals surface area contributed by atoms with Gasteiger partial charge in [-0.2, -0.15) is 0 Å². The van der Waals surface area contributed by atoms with E-state index in [1.54, 1.807) is 6.92 Å². The molecule has 2 aromatic rings. The Labute approximate surface area is 131 Å². The van der Waals surface area contributed by atoms with Crippen LogP contribution in [-0.2, 0) is 6.42 Å². The van der Waals surface area contributed by atoms with Crippen LogP contribution in [0.15, 0.2) is 23.0 Å². The lowest BCUT2D eigenvalue weighted by Crippen LogP contribution is -2.22. The number of aromatic nitrogens is 1. The highest BCUT2D eigenvalue weighted by molar-refractivity contribution is 6.35. The summed E-state index contributed by atoms with van der Waals surface area (Å²) in [5, 5.41) is 0.702. The second-order valence-electron chi connectivity index (χ2n) is 4.69. The number of aryl methyl sites for hydroxylation is 1. The van der Waals surface area contributed by atoms with Crippen molar-refractivity contribution in [2.45, 2.75) is 20.3 Å². The average molecular weight is 325 g/mol. The second kappa shape index (κ2) is 5.92. The van der Waals surface area contributed by atoms with Crippen LogP contribution < -0.4 is 11.3 Å². The van der Waals surface area contributed by atoms with Gasteiger partial charge in [0.2, 0.25) is 0 Å². The second-order valence-corrected chi connectivity index (χ2v) is 5.56. The Morgan fingerprint density at radius 3 is 2.33 bits per heavy atom. The quantitative estimate of drug-likeness (QED) is 0.850. The maximum atomic E-state index is 12.7. The van der Waals surface area contributed by atoms with Gasteiger partial charge in [0.05, 0.1) is 5.56 Å². The number of hydrogen-bond acceptors (Lipinski definition) is 3. The Kier molecular flexibility index (Phi) is 4.40. The topological polar surface area (TPSA) is 75.9 Å². The molecule has 0 unspecified atom stereocenters. The SMILES string of the molecule is CCc1c(C)[nH]c(=O)c(N)c1C(=O)c1cc(Cl)cc(Cl)c1. The van der Waals surface area contributed by atoms with Crippen LogP contribution in [0, 0.1) is 6.92 Å². The van der Waals surface area contributed by atoms with Crippen molar-refractivity contribution in [2.75, 3.05) is 5.73 Å². The highest BCUT2D eigenvalue weighted by atomic mass is 35.5. The standard InChI is InChI=1S/C15H14Cl2N2O2/c1-3-11-7(2)19-15(21)13(18)12(11)14(20)8-4-9(16)6-10(17)5-8/h4-6H,3,18H2,1-2H3,(H,19,21). The van der Waals surface area contributed by atoms with Crippen molar-refractivity contribution in [3.63, 3.8) is 0 Å². The van der Waals surface area contributed by atoms with Crippen LogP contribution in [0.4, 0.5) is 5.69 Å². The molecule has 0 amide bonds. The fourth-order valence-corrected chi connectivity index (χ4v) is 2.83. The number of ketones is 1. The van der Waals surface area contributed by atoms with Gasteiger partial charge >= 0.3 is 0 Å². The Morgan fingerprint density at radius 2 is 1.81 bits per heavy atom. The van der Waals surface area contributed by atoms with Gasteiger partial charge in [-0.25, -0.2) is 0 Å². The van der Waals surface area contributed by atoms with Crippen molar-refractivity contribution >= 4 is 34.7 Å². The van der Waals surface area contributed by atoms with Gasteiger partial charge in [-0.1, -0.05) is 30.1 Å². The van der Waals surface area contributed by atoms with E-state index in [0.29, 0.717) is 33.3 Å². The highest BCUT2D eigenvalue weighted by Crippen LogP contribution is 2.25.